The molecule has 90 valence electrons. The highest BCUT2D eigenvalue weighted by atomic mass is 79.9. The van der Waals surface area contributed by atoms with Gasteiger partial charge >= 0.3 is 0 Å². The van der Waals surface area contributed by atoms with Gasteiger partial charge in [-0.3, -0.25) is 0 Å². The van der Waals surface area contributed by atoms with E-state index in [1.54, 1.807) is 4.68 Å². The molecule has 7 heteroatoms. The molecule has 17 heavy (non-hydrogen) atoms. The summed E-state index contributed by atoms with van der Waals surface area (Å²) < 4.78 is 2.36. The van der Waals surface area contributed by atoms with Gasteiger partial charge in [-0.25, -0.2) is 14.6 Å². The summed E-state index contributed by atoms with van der Waals surface area (Å²) in [7, 11) is 1.83. The summed E-state index contributed by atoms with van der Waals surface area (Å²) in [4.78, 5) is 8.70. The third-order valence-electron chi connectivity index (χ3n) is 2.22. The molecule has 0 saturated carbocycles. The maximum Gasteiger partial charge on any atom is 0.157 e. The maximum absolute atomic E-state index is 4.40. The van der Waals surface area contributed by atoms with Gasteiger partial charge in [-0.1, -0.05) is 5.21 Å². The lowest BCUT2D eigenvalue weighted by atomic mass is 10.3. The van der Waals surface area contributed by atoms with E-state index in [4.69, 9.17) is 0 Å². The van der Waals surface area contributed by atoms with Gasteiger partial charge in [0.2, 0.25) is 0 Å². The predicted octanol–water partition coefficient (Wildman–Crippen LogP) is 1.77. The molecule has 0 amide bonds. The van der Waals surface area contributed by atoms with E-state index in [2.05, 4.69) is 41.5 Å². The molecule has 0 spiro atoms. The molecule has 0 aliphatic carbocycles. The molecule has 0 bridgehead atoms. The SMILES string of the molecule is CCNc1cc(-c2c(Br)nnn2C)nc(C)n1. The summed E-state index contributed by atoms with van der Waals surface area (Å²) in [5.41, 5.74) is 1.64. The molecule has 2 heterocycles. The van der Waals surface area contributed by atoms with E-state index in [9.17, 15) is 0 Å². The van der Waals surface area contributed by atoms with Gasteiger partial charge in [0.05, 0.1) is 5.69 Å². The van der Waals surface area contributed by atoms with Crippen molar-refractivity contribution in [1.82, 2.24) is 25.0 Å². The van der Waals surface area contributed by atoms with Crippen molar-refractivity contribution in [2.45, 2.75) is 13.8 Å². The summed E-state index contributed by atoms with van der Waals surface area (Å²) in [6.07, 6.45) is 0. The first kappa shape index (κ1) is 12.0. The van der Waals surface area contributed by atoms with Gasteiger partial charge in [-0.05, 0) is 29.8 Å². The minimum Gasteiger partial charge on any atom is -0.370 e. The number of halogens is 1. The fourth-order valence-corrected chi connectivity index (χ4v) is 2.09. The van der Waals surface area contributed by atoms with E-state index in [-0.39, 0.29) is 0 Å². The highest BCUT2D eigenvalue weighted by Crippen LogP contribution is 2.25. The fourth-order valence-electron chi connectivity index (χ4n) is 1.56. The summed E-state index contributed by atoms with van der Waals surface area (Å²) in [6, 6.07) is 1.89. The van der Waals surface area contributed by atoms with Crippen LogP contribution in [0.1, 0.15) is 12.7 Å². The number of hydrogen-bond donors (Lipinski definition) is 1. The molecule has 0 aliphatic rings. The number of anilines is 1. The molecule has 0 aromatic carbocycles. The van der Waals surface area contributed by atoms with E-state index in [1.165, 1.54) is 0 Å². The van der Waals surface area contributed by atoms with Gasteiger partial charge in [-0.15, -0.1) is 5.10 Å². The van der Waals surface area contributed by atoms with Crippen molar-refractivity contribution >= 4 is 21.7 Å². The Morgan fingerprint density at radius 3 is 2.76 bits per heavy atom. The smallest absolute Gasteiger partial charge is 0.157 e. The molecule has 0 unspecified atom stereocenters. The minimum absolute atomic E-state index is 0.681. The van der Waals surface area contributed by atoms with Gasteiger partial charge in [0, 0.05) is 19.7 Å². The van der Waals surface area contributed by atoms with E-state index in [0.717, 1.165) is 23.8 Å². The van der Waals surface area contributed by atoms with E-state index >= 15 is 0 Å². The van der Waals surface area contributed by atoms with Crippen LogP contribution in [0.4, 0.5) is 5.82 Å². The average molecular weight is 297 g/mol. The molecule has 6 nitrogen and oxygen atoms in total. The third-order valence-corrected chi connectivity index (χ3v) is 2.76. The van der Waals surface area contributed by atoms with Crippen LogP contribution < -0.4 is 5.32 Å². The molecule has 2 rings (SSSR count). The maximum atomic E-state index is 4.40. The number of rotatable bonds is 3. The zero-order chi connectivity index (χ0) is 12.4. The number of aryl methyl sites for hydroxylation is 2. The van der Waals surface area contributed by atoms with Crippen molar-refractivity contribution in [3.63, 3.8) is 0 Å². The Morgan fingerprint density at radius 1 is 1.41 bits per heavy atom. The predicted molar refractivity (Wildman–Crippen MR) is 68.6 cm³/mol. The lowest BCUT2D eigenvalue weighted by Gasteiger charge is -2.07. The minimum atomic E-state index is 0.681. The Morgan fingerprint density at radius 2 is 2.18 bits per heavy atom. The van der Waals surface area contributed by atoms with Crippen LogP contribution in [0.25, 0.3) is 11.4 Å². The zero-order valence-electron chi connectivity index (χ0n) is 9.90. The first-order chi connectivity index (χ1) is 8.11. The van der Waals surface area contributed by atoms with Crippen molar-refractivity contribution in [3.8, 4) is 11.4 Å². The quantitative estimate of drug-likeness (QED) is 0.935. The standard InChI is InChI=1S/C10H13BrN6/c1-4-12-8-5-7(13-6(2)14-8)9-10(11)15-16-17(9)3/h5H,4H2,1-3H3,(H,12,13,14). The van der Waals surface area contributed by atoms with Crippen LogP contribution in [0.2, 0.25) is 0 Å². The van der Waals surface area contributed by atoms with Crippen LogP contribution in [-0.2, 0) is 7.05 Å². The van der Waals surface area contributed by atoms with E-state index in [0.29, 0.717) is 10.4 Å². The number of nitrogens with zero attached hydrogens (tertiary/aromatic N) is 5. The van der Waals surface area contributed by atoms with Crippen LogP contribution >= 0.6 is 15.9 Å². The van der Waals surface area contributed by atoms with Gasteiger partial charge in [0.15, 0.2) is 4.60 Å². The largest absolute Gasteiger partial charge is 0.370 e. The Labute approximate surface area is 108 Å². The molecule has 0 fully saturated rings. The molecule has 2 aromatic rings. The molecular weight excluding hydrogens is 284 g/mol. The van der Waals surface area contributed by atoms with E-state index in [1.807, 2.05) is 27.0 Å². The van der Waals surface area contributed by atoms with Gasteiger partial charge in [0.1, 0.15) is 17.3 Å². The second kappa shape index (κ2) is 4.79. The Kier molecular flexibility index (Phi) is 3.37. The monoisotopic (exact) mass is 296 g/mol. The van der Waals surface area contributed by atoms with Crippen molar-refractivity contribution in [3.05, 3.63) is 16.5 Å². The van der Waals surface area contributed by atoms with Crippen LogP contribution in [0, 0.1) is 6.92 Å². The number of hydrogen-bond acceptors (Lipinski definition) is 5. The Balaban J connectivity index is 2.52. The average Bonchev–Trinajstić information content (AvgIpc) is 2.58. The molecule has 1 N–H and O–H groups in total. The summed E-state index contributed by atoms with van der Waals surface area (Å²) in [5.74, 6) is 1.52. The highest BCUT2D eigenvalue weighted by molar-refractivity contribution is 9.10. The summed E-state index contributed by atoms with van der Waals surface area (Å²) in [6.45, 7) is 4.71. The molecule has 0 radical (unpaired) electrons. The second-order valence-electron chi connectivity index (χ2n) is 3.57. The Hall–Kier alpha value is -1.50. The highest BCUT2D eigenvalue weighted by Gasteiger charge is 2.13. The molecular formula is C10H13BrN6. The van der Waals surface area contributed by atoms with Crippen LogP contribution in [-0.4, -0.2) is 31.5 Å². The van der Waals surface area contributed by atoms with Crippen molar-refractivity contribution < 1.29 is 0 Å². The lowest BCUT2D eigenvalue weighted by molar-refractivity contribution is 0.718. The second-order valence-corrected chi connectivity index (χ2v) is 4.32. The van der Waals surface area contributed by atoms with Crippen molar-refractivity contribution in [1.29, 1.82) is 0 Å². The summed E-state index contributed by atoms with van der Waals surface area (Å²) in [5, 5.41) is 11.1. The third kappa shape index (κ3) is 2.44. The van der Waals surface area contributed by atoms with Gasteiger partial charge < -0.3 is 5.32 Å². The topological polar surface area (TPSA) is 68.5 Å². The van der Waals surface area contributed by atoms with Crippen LogP contribution in [0.5, 0.6) is 0 Å². The Bertz CT molecular complexity index is 516. The van der Waals surface area contributed by atoms with Gasteiger partial charge in [0.25, 0.3) is 0 Å². The molecule has 0 saturated heterocycles. The normalized spacial score (nSPS) is 10.6. The molecule has 0 aliphatic heterocycles. The van der Waals surface area contributed by atoms with E-state index < -0.39 is 0 Å². The molecule has 2 aromatic heterocycles. The van der Waals surface area contributed by atoms with Crippen molar-refractivity contribution in [2.24, 2.45) is 7.05 Å². The number of aromatic nitrogens is 5. The fraction of sp³-hybridized carbons (Fsp3) is 0.400. The van der Waals surface area contributed by atoms with Crippen molar-refractivity contribution in [2.75, 3.05) is 11.9 Å². The zero-order valence-corrected chi connectivity index (χ0v) is 11.5. The van der Waals surface area contributed by atoms with Crippen LogP contribution in [0.15, 0.2) is 10.7 Å². The van der Waals surface area contributed by atoms with Crippen LogP contribution in [0.3, 0.4) is 0 Å². The number of nitrogens with one attached hydrogen (secondary N) is 1. The first-order valence-electron chi connectivity index (χ1n) is 5.27. The lowest BCUT2D eigenvalue weighted by Crippen LogP contribution is -2.04. The molecule has 0 atom stereocenters. The first-order valence-corrected chi connectivity index (χ1v) is 6.06. The summed E-state index contributed by atoms with van der Waals surface area (Å²) >= 11 is 3.37. The van der Waals surface area contributed by atoms with Gasteiger partial charge in [-0.2, -0.15) is 0 Å².